The number of piperazine rings is 1. The van der Waals surface area contributed by atoms with Crippen molar-refractivity contribution in [2.45, 2.75) is 39.2 Å². The molecule has 0 spiro atoms. The van der Waals surface area contributed by atoms with Crippen molar-refractivity contribution in [3.63, 3.8) is 0 Å². The van der Waals surface area contributed by atoms with Gasteiger partial charge in [0, 0.05) is 73.8 Å². The molecular formula is C26H31ClFN5OS. The van der Waals surface area contributed by atoms with E-state index in [0.29, 0.717) is 38.3 Å². The number of amides is 1. The zero-order valence-electron chi connectivity index (χ0n) is 20.2. The summed E-state index contributed by atoms with van der Waals surface area (Å²) in [5.41, 5.74) is 2.07. The topological polar surface area (TPSA) is 52.6 Å². The molecule has 1 amide bonds. The molecule has 4 rings (SSSR count). The summed E-state index contributed by atoms with van der Waals surface area (Å²) in [6.07, 6.45) is 1.94. The molecule has 186 valence electrons. The van der Waals surface area contributed by atoms with Crippen LogP contribution in [0.15, 0.2) is 48.5 Å². The van der Waals surface area contributed by atoms with Crippen LogP contribution < -0.4 is 9.80 Å². The first-order valence-electron chi connectivity index (χ1n) is 12.0. The van der Waals surface area contributed by atoms with Crippen LogP contribution in [0.4, 0.5) is 15.2 Å². The molecule has 1 aliphatic rings. The molecule has 6 nitrogen and oxygen atoms in total. The Hall–Kier alpha value is -2.71. The van der Waals surface area contributed by atoms with Crippen LogP contribution in [0.5, 0.6) is 0 Å². The number of rotatable bonds is 9. The van der Waals surface area contributed by atoms with Crippen molar-refractivity contribution in [2.75, 3.05) is 42.5 Å². The second-order valence-corrected chi connectivity index (χ2v) is 10.0. The fraction of sp³-hybridized carbons (Fsp3) is 0.423. The Morgan fingerprint density at radius 1 is 1.17 bits per heavy atom. The van der Waals surface area contributed by atoms with Gasteiger partial charge in [-0.15, -0.1) is 0 Å². The Bertz CT molecular complexity index is 1120. The van der Waals surface area contributed by atoms with Crippen LogP contribution in [-0.4, -0.2) is 58.9 Å². The summed E-state index contributed by atoms with van der Waals surface area (Å²) in [6.45, 7) is 7.89. The standard InChI is InChI=1S/C26H31ClFN5OS/c1-3-19(2)33(26-29-24(30-35-26)17-20-7-9-22(28)10-8-20)12-11-25(34)32-15-13-31(14-16-32)23-6-4-5-21(27)18-23/h4-10,18-19H,3,11-17H2,1-2H3. The number of benzene rings is 2. The van der Waals surface area contributed by atoms with Gasteiger partial charge in [0.05, 0.1) is 0 Å². The SMILES string of the molecule is CCC(C)N(CCC(=O)N1CCN(c2cccc(Cl)c2)CC1)c1nc(Cc2ccc(F)cc2)ns1. The number of halogens is 2. The van der Waals surface area contributed by atoms with Gasteiger partial charge in [0.15, 0.2) is 0 Å². The minimum Gasteiger partial charge on any atom is -0.368 e. The number of carbonyl (C=O) groups is 1. The highest BCUT2D eigenvalue weighted by Crippen LogP contribution is 2.24. The number of carbonyl (C=O) groups excluding carboxylic acids is 1. The lowest BCUT2D eigenvalue weighted by atomic mass is 10.1. The van der Waals surface area contributed by atoms with Gasteiger partial charge in [0.25, 0.3) is 0 Å². The molecule has 3 aromatic rings. The molecule has 0 N–H and O–H groups in total. The van der Waals surface area contributed by atoms with Crippen molar-refractivity contribution in [1.82, 2.24) is 14.3 Å². The van der Waals surface area contributed by atoms with Gasteiger partial charge in [-0.2, -0.15) is 4.37 Å². The molecule has 1 fully saturated rings. The highest BCUT2D eigenvalue weighted by atomic mass is 35.5. The van der Waals surface area contributed by atoms with Crippen LogP contribution in [0, 0.1) is 5.82 Å². The van der Waals surface area contributed by atoms with E-state index in [1.807, 2.05) is 23.1 Å². The largest absolute Gasteiger partial charge is 0.368 e. The minimum absolute atomic E-state index is 0.167. The predicted octanol–water partition coefficient (Wildman–Crippen LogP) is 5.27. The molecule has 1 saturated heterocycles. The Morgan fingerprint density at radius 3 is 2.60 bits per heavy atom. The van der Waals surface area contributed by atoms with Gasteiger partial charge in [-0.1, -0.05) is 36.7 Å². The molecule has 2 heterocycles. The van der Waals surface area contributed by atoms with Crippen molar-refractivity contribution >= 4 is 39.9 Å². The molecule has 9 heteroatoms. The molecule has 0 radical (unpaired) electrons. The molecule has 1 aliphatic heterocycles. The third kappa shape index (κ3) is 6.70. The third-order valence-corrected chi connectivity index (χ3v) is 7.50. The van der Waals surface area contributed by atoms with E-state index in [9.17, 15) is 9.18 Å². The van der Waals surface area contributed by atoms with E-state index in [0.717, 1.165) is 40.9 Å². The maximum absolute atomic E-state index is 13.2. The molecule has 1 unspecified atom stereocenters. The van der Waals surface area contributed by atoms with Crippen molar-refractivity contribution in [3.8, 4) is 0 Å². The molecule has 0 bridgehead atoms. The second kappa shape index (κ2) is 11.8. The van der Waals surface area contributed by atoms with Crippen LogP contribution in [0.3, 0.4) is 0 Å². The molecule has 1 aromatic heterocycles. The van der Waals surface area contributed by atoms with Gasteiger partial charge in [-0.25, -0.2) is 9.37 Å². The summed E-state index contributed by atoms with van der Waals surface area (Å²) in [5, 5.41) is 1.55. The van der Waals surface area contributed by atoms with Gasteiger partial charge in [0.2, 0.25) is 11.0 Å². The average molecular weight is 516 g/mol. The Kier molecular flexibility index (Phi) is 8.57. The lowest BCUT2D eigenvalue weighted by Crippen LogP contribution is -2.49. The van der Waals surface area contributed by atoms with E-state index in [4.69, 9.17) is 16.6 Å². The Balaban J connectivity index is 1.32. The Labute approximate surface area is 215 Å². The normalized spacial score (nSPS) is 14.7. The van der Waals surface area contributed by atoms with E-state index < -0.39 is 0 Å². The summed E-state index contributed by atoms with van der Waals surface area (Å²) in [5.74, 6) is 0.632. The number of aromatic nitrogens is 2. The van der Waals surface area contributed by atoms with Gasteiger partial charge in [-0.3, -0.25) is 4.79 Å². The molecule has 1 atom stereocenters. The highest BCUT2D eigenvalue weighted by Gasteiger charge is 2.24. The fourth-order valence-corrected chi connectivity index (χ4v) is 5.20. The van der Waals surface area contributed by atoms with Crippen LogP contribution in [-0.2, 0) is 11.2 Å². The van der Waals surface area contributed by atoms with Crippen molar-refractivity contribution in [3.05, 3.63) is 70.8 Å². The second-order valence-electron chi connectivity index (χ2n) is 8.84. The maximum Gasteiger partial charge on any atom is 0.224 e. The lowest BCUT2D eigenvalue weighted by Gasteiger charge is -2.36. The van der Waals surface area contributed by atoms with E-state index in [-0.39, 0.29) is 17.8 Å². The van der Waals surface area contributed by atoms with Gasteiger partial charge < -0.3 is 14.7 Å². The molecule has 35 heavy (non-hydrogen) atoms. The third-order valence-electron chi connectivity index (χ3n) is 6.47. The molecule has 2 aromatic carbocycles. The number of hydrogen-bond donors (Lipinski definition) is 0. The molecular weight excluding hydrogens is 485 g/mol. The first kappa shape index (κ1) is 25.4. The summed E-state index contributed by atoms with van der Waals surface area (Å²) >= 11 is 7.49. The monoisotopic (exact) mass is 515 g/mol. The zero-order valence-corrected chi connectivity index (χ0v) is 21.7. The van der Waals surface area contributed by atoms with Crippen molar-refractivity contribution < 1.29 is 9.18 Å². The van der Waals surface area contributed by atoms with Crippen LogP contribution >= 0.6 is 23.1 Å². The summed E-state index contributed by atoms with van der Waals surface area (Å²) in [7, 11) is 0. The zero-order chi connectivity index (χ0) is 24.8. The summed E-state index contributed by atoms with van der Waals surface area (Å²) < 4.78 is 17.7. The first-order chi connectivity index (χ1) is 16.9. The smallest absolute Gasteiger partial charge is 0.224 e. The Morgan fingerprint density at radius 2 is 1.91 bits per heavy atom. The van der Waals surface area contributed by atoms with Crippen LogP contribution in [0.2, 0.25) is 5.02 Å². The molecule has 0 saturated carbocycles. The minimum atomic E-state index is -0.251. The lowest BCUT2D eigenvalue weighted by molar-refractivity contribution is -0.131. The summed E-state index contributed by atoms with van der Waals surface area (Å²) in [4.78, 5) is 24.2. The van der Waals surface area contributed by atoms with Crippen LogP contribution in [0.1, 0.15) is 38.1 Å². The highest BCUT2D eigenvalue weighted by molar-refractivity contribution is 7.09. The van der Waals surface area contributed by atoms with E-state index in [1.165, 1.54) is 23.7 Å². The average Bonchev–Trinajstić information content (AvgIpc) is 3.33. The van der Waals surface area contributed by atoms with E-state index in [2.05, 4.69) is 34.1 Å². The number of anilines is 2. The van der Waals surface area contributed by atoms with E-state index in [1.54, 1.807) is 12.1 Å². The quantitative estimate of drug-likeness (QED) is 0.389. The molecule has 0 aliphatic carbocycles. The summed E-state index contributed by atoms with van der Waals surface area (Å²) in [6, 6.07) is 14.5. The van der Waals surface area contributed by atoms with Gasteiger partial charge >= 0.3 is 0 Å². The number of nitrogens with zero attached hydrogens (tertiary/aromatic N) is 5. The van der Waals surface area contributed by atoms with Gasteiger partial charge in [0.1, 0.15) is 11.6 Å². The maximum atomic E-state index is 13.2. The first-order valence-corrected chi connectivity index (χ1v) is 13.2. The van der Waals surface area contributed by atoms with Crippen molar-refractivity contribution in [2.24, 2.45) is 0 Å². The van der Waals surface area contributed by atoms with Crippen molar-refractivity contribution in [1.29, 1.82) is 0 Å². The van der Waals surface area contributed by atoms with E-state index >= 15 is 0 Å². The predicted molar refractivity (Wildman–Crippen MR) is 141 cm³/mol. The fourth-order valence-electron chi connectivity index (χ4n) is 4.20. The van der Waals surface area contributed by atoms with Gasteiger partial charge in [-0.05, 0) is 49.2 Å². The number of hydrogen-bond acceptors (Lipinski definition) is 6. The van der Waals surface area contributed by atoms with Crippen LogP contribution in [0.25, 0.3) is 0 Å².